The van der Waals surface area contributed by atoms with Crippen molar-refractivity contribution in [3.05, 3.63) is 102 Å². The predicted molar refractivity (Wildman–Crippen MR) is 145 cm³/mol. The number of para-hydroxylation sites is 1. The second-order valence-corrected chi connectivity index (χ2v) is 8.93. The first-order valence-electron chi connectivity index (χ1n) is 12.6. The molecule has 0 atom stereocenters. The zero-order chi connectivity index (χ0) is 26.2. The van der Waals surface area contributed by atoms with Crippen LogP contribution in [0.15, 0.2) is 90.2 Å². The number of benzene rings is 3. The lowest BCUT2D eigenvalue weighted by molar-refractivity contribution is -0.140. The Balaban J connectivity index is 1.67. The predicted octanol–water partition coefficient (Wildman–Crippen LogP) is 6.93. The van der Waals surface area contributed by atoms with Crippen molar-refractivity contribution in [3.63, 3.8) is 0 Å². The number of unbranched alkanes of at least 4 members (excludes halogenated alkanes) is 3. The van der Waals surface area contributed by atoms with Gasteiger partial charge in [-0.05, 0) is 43.2 Å². The van der Waals surface area contributed by atoms with Gasteiger partial charge >= 0.3 is 5.97 Å². The molecule has 6 nitrogen and oxygen atoms in total. The number of fused-ring (bicyclic) bond motifs is 1. The molecule has 0 aliphatic rings. The lowest BCUT2D eigenvalue weighted by atomic mass is 10.0. The van der Waals surface area contributed by atoms with Crippen molar-refractivity contribution in [2.45, 2.75) is 46.0 Å². The Morgan fingerprint density at radius 2 is 1.49 bits per heavy atom. The number of rotatable bonds is 11. The molecule has 1 heterocycles. The van der Waals surface area contributed by atoms with Crippen LogP contribution in [0.5, 0.6) is 0 Å². The van der Waals surface area contributed by atoms with Crippen molar-refractivity contribution in [1.82, 2.24) is 4.57 Å². The highest BCUT2D eigenvalue weighted by molar-refractivity contribution is 6.47. The fourth-order valence-electron chi connectivity index (χ4n) is 4.30. The summed E-state index contributed by atoms with van der Waals surface area (Å²) in [6.45, 7) is 3.39. The van der Waals surface area contributed by atoms with E-state index in [0.29, 0.717) is 23.1 Å². The number of hydrogen-bond donors (Lipinski definition) is 0. The molecule has 0 saturated heterocycles. The number of aromatic nitrogens is 1. The summed E-state index contributed by atoms with van der Waals surface area (Å²) in [5.74, 6) is -0.871. The molecule has 6 heteroatoms. The Kier molecular flexibility index (Phi) is 8.41. The lowest BCUT2D eigenvalue weighted by Gasteiger charge is -2.07. The SMILES string of the molecule is CCCCCC/C(=N\OC(C)=O)C(=O)c1cn(-c2ccc(C(=O)c3ccccc3)cc2)c2ccccc12. The molecule has 0 amide bonds. The maximum Gasteiger partial charge on any atom is 0.331 e. The van der Waals surface area contributed by atoms with Gasteiger partial charge in [0, 0.05) is 40.9 Å². The third-order valence-electron chi connectivity index (χ3n) is 6.21. The molecular weight excluding hydrogens is 464 g/mol. The van der Waals surface area contributed by atoms with Crippen molar-refractivity contribution in [2.75, 3.05) is 0 Å². The number of carbonyl (C=O) groups is 3. The van der Waals surface area contributed by atoms with Crippen molar-refractivity contribution < 1.29 is 19.2 Å². The minimum absolute atomic E-state index is 0.0465. The van der Waals surface area contributed by atoms with Crippen LogP contribution >= 0.6 is 0 Å². The van der Waals surface area contributed by atoms with Crippen LogP contribution in [0.2, 0.25) is 0 Å². The molecule has 0 radical (unpaired) electrons. The van der Waals surface area contributed by atoms with E-state index in [2.05, 4.69) is 12.1 Å². The van der Waals surface area contributed by atoms with Crippen molar-refractivity contribution in [1.29, 1.82) is 0 Å². The van der Waals surface area contributed by atoms with Gasteiger partial charge in [0.15, 0.2) is 5.78 Å². The molecule has 4 rings (SSSR count). The number of carbonyl (C=O) groups excluding carboxylic acids is 3. The van der Waals surface area contributed by atoms with E-state index in [0.717, 1.165) is 42.3 Å². The van der Waals surface area contributed by atoms with E-state index in [4.69, 9.17) is 4.84 Å². The van der Waals surface area contributed by atoms with Crippen molar-refractivity contribution in [2.24, 2.45) is 5.16 Å². The van der Waals surface area contributed by atoms with E-state index in [1.165, 1.54) is 6.92 Å². The summed E-state index contributed by atoms with van der Waals surface area (Å²) in [7, 11) is 0. The van der Waals surface area contributed by atoms with Gasteiger partial charge in [-0.3, -0.25) is 9.59 Å². The van der Waals surface area contributed by atoms with Gasteiger partial charge in [0.2, 0.25) is 5.78 Å². The van der Waals surface area contributed by atoms with Crippen molar-refractivity contribution >= 4 is 34.2 Å². The zero-order valence-electron chi connectivity index (χ0n) is 21.1. The second-order valence-electron chi connectivity index (χ2n) is 8.93. The highest BCUT2D eigenvalue weighted by atomic mass is 16.7. The molecular formula is C31H30N2O4. The average Bonchev–Trinajstić information content (AvgIpc) is 3.32. The molecule has 0 aliphatic carbocycles. The molecule has 188 valence electrons. The summed E-state index contributed by atoms with van der Waals surface area (Å²) in [6, 6.07) is 24.1. The van der Waals surface area contributed by atoms with Gasteiger partial charge in [0.1, 0.15) is 5.71 Å². The van der Waals surface area contributed by atoms with E-state index in [9.17, 15) is 14.4 Å². The first-order valence-corrected chi connectivity index (χ1v) is 12.6. The van der Waals surface area contributed by atoms with E-state index in [-0.39, 0.29) is 17.3 Å². The summed E-state index contributed by atoms with van der Waals surface area (Å²) in [6.07, 6.45) is 6.12. The van der Waals surface area contributed by atoms with Gasteiger partial charge in [0.25, 0.3) is 0 Å². The van der Waals surface area contributed by atoms with Crippen LogP contribution in [0, 0.1) is 0 Å². The van der Waals surface area contributed by atoms with Gasteiger partial charge < -0.3 is 9.40 Å². The first-order chi connectivity index (χ1) is 18.0. The summed E-state index contributed by atoms with van der Waals surface area (Å²) in [4.78, 5) is 42.7. The molecule has 0 bridgehead atoms. The van der Waals surface area contributed by atoms with Gasteiger partial charge in [-0.15, -0.1) is 0 Å². The second kappa shape index (κ2) is 12.1. The van der Waals surface area contributed by atoms with E-state index >= 15 is 0 Å². The molecule has 0 spiro atoms. The molecule has 4 aromatic rings. The Morgan fingerprint density at radius 3 is 2.19 bits per heavy atom. The van der Waals surface area contributed by atoms with Gasteiger partial charge in [0.05, 0.1) is 5.52 Å². The fraction of sp³-hybridized carbons (Fsp3) is 0.226. The zero-order valence-corrected chi connectivity index (χ0v) is 21.1. The number of ketones is 2. The molecule has 0 N–H and O–H groups in total. The van der Waals surface area contributed by atoms with Crippen LogP contribution < -0.4 is 0 Å². The van der Waals surface area contributed by atoms with Crippen LogP contribution in [0.1, 0.15) is 72.2 Å². The average molecular weight is 495 g/mol. The standard InChI is InChI=1S/C31H30N2O4/c1-3-4-5-9-15-28(32-37-22(2)34)31(36)27-21-33(29-16-11-10-14-26(27)29)25-19-17-24(18-20-25)30(35)23-12-7-6-8-13-23/h6-8,10-14,16-21H,3-5,9,15H2,1-2H3/b32-28+. The first kappa shape index (κ1) is 25.8. The number of nitrogens with zero attached hydrogens (tertiary/aromatic N) is 2. The van der Waals surface area contributed by atoms with Crippen molar-refractivity contribution in [3.8, 4) is 5.69 Å². The quantitative estimate of drug-likeness (QED) is 0.0744. The normalized spacial score (nSPS) is 11.5. The van der Waals surface area contributed by atoms with Crippen LogP contribution in [-0.2, 0) is 9.63 Å². The Labute approximate surface area is 216 Å². The lowest BCUT2D eigenvalue weighted by Crippen LogP contribution is -2.15. The van der Waals surface area contributed by atoms with Gasteiger partial charge in [-0.1, -0.05) is 79.9 Å². The topological polar surface area (TPSA) is 77.7 Å². The van der Waals surface area contributed by atoms with E-state index in [1.807, 2.05) is 59.2 Å². The number of hydrogen-bond acceptors (Lipinski definition) is 5. The minimum atomic E-state index is -0.563. The van der Waals surface area contributed by atoms with Crippen LogP contribution in [0.25, 0.3) is 16.6 Å². The fourth-order valence-corrected chi connectivity index (χ4v) is 4.30. The van der Waals surface area contributed by atoms with Gasteiger partial charge in [-0.2, -0.15) is 0 Å². The molecule has 0 fully saturated rings. The smallest absolute Gasteiger partial charge is 0.318 e. The minimum Gasteiger partial charge on any atom is -0.318 e. The van der Waals surface area contributed by atoms with Gasteiger partial charge in [-0.25, -0.2) is 4.79 Å². The summed E-state index contributed by atoms with van der Waals surface area (Å²) >= 11 is 0. The van der Waals surface area contributed by atoms with E-state index in [1.54, 1.807) is 30.5 Å². The molecule has 1 aromatic heterocycles. The molecule has 0 saturated carbocycles. The molecule has 3 aromatic carbocycles. The third-order valence-corrected chi connectivity index (χ3v) is 6.21. The third kappa shape index (κ3) is 6.09. The summed E-state index contributed by atoms with van der Waals surface area (Å²) < 4.78 is 1.93. The van der Waals surface area contributed by atoms with Crippen LogP contribution in [-0.4, -0.2) is 27.8 Å². The summed E-state index contributed by atoms with van der Waals surface area (Å²) in [5, 5.41) is 4.70. The Bertz CT molecular complexity index is 1430. The highest BCUT2D eigenvalue weighted by Crippen LogP contribution is 2.27. The maximum absolute atomic E-state index is 13.6. The maximum atomic E-state index is 13.6. The summed E-state index contributed by atoms with van der Waals surface area (Å²) in [5.41, 5.74) is 3.62. The van der Waals surface area contributed by atoms with Crippen LogP contribution in [0.4, 0.5) is 0 Å². The molecule has 0 unspecified atom stereocenters. The highest BCUT2D eigenvalue weighted by Gasteiger charge is 2.21. The largest absolute Gasteiger partial charge is 0.331 e. The molecule has 37 heavy (non-hydrogen) atoms. The van der Waals surface area contributed by atoms with E-state index < -0.39 is 5.97 Å². The Morgan fingerprint density at radius 1 is 0.811 bits per heavy atom. The Hall–Kier alpha value is -4.32. The number of oxime groups is 1. The monoisotopic (exact) mass is 494 g/mol. The number of Topliss-reactive ketones (excluding diaryl/α,β-unsaturated/α-hetero) is 1. The van der Waals surface area contributed by atoms with Crippen LogP contribution in [0.3, 0.4) is 0 Å². The molecule has 0 aliphatic heterocycles.